The summed E-state index contributed by atoms with van der Waals surface area (Å²) in [5.41, 5.74) is 5.99. The molecular weight excluding hydrogens is 1130 g/mol. The number of aromatic nitrogens is 3. The minimum Gasteiger partial charge on any atom is -0.449 e. The van der Waals surface area contributed by atoms with Gasteiger partial charge >= 0.3 is 12.2 Å². The molecule has 462 valence electrons. The maximum Gasteiger partial charge on any atom is 0.419 e. The van der Waals surface area contributed by atoms with Crippen molar-refractivity contribution in [2.24, 2.45) is 0 Å². The van der Waals surface area contributed by atoms with Crippen LogP contribution in [0.15, 0.2) is 54.6 Å². The lowest BCUT2D eigenvalue weighted by molar-refractivity contribution is -0.119. The normalized spacial score (nSPS) is 13.9. The number of amides is 5. The number of nitrogens with zero attached hydrogens (tertiary/aromatic N) is 10. The zero-order chi connectivity index (χ0) is 62.2. The maximum atomic E-state index is 15.1. The predicted octanol–water partition coefficient (Wildman–Crippen LogP) is 10.5. The van der Waals surface area contributed by atoms with Crippen molar-refractivity contribution in [1.82, 2.24) is 28.2 Å². The van der Waals surface area contributed by atoms with Crippen LogP contribution in [0.25, 0.3) is 32.7 Å². The molecule has 6 heterocycles. The van der Waals surface area contributed by atoms with E-state index in [1.807, 2.05) is 6.07 Å². The van der Waals surface area contributed by atoms with E-state index in [0.29, 0.717) is 115 Å². The highest BCUT2D eigenvalue weighted by Gasteiger charge is 2.37. The van der Waals surface area contributed by atoms with E-state index >= 15 is 4.79 Å². The lowest BCUT2D eigenvalue weighted by atomic mass is 10.1. The largest absolute Gasteiger partial charge is 0.449 e. The van der Waals surface area contributed by atoms with Crippen LogP contribution in [-0.4, -0.2) is 162 Å². The summed E-state index contributed by atoms with van der Waals surface area (Å²) in [5.74, 6) is -1.27. The van der Waals surface area contributed by atoms with Gasteiger partial charge in [0.05, 0.1) is 55.5 Å². The van der Waals surface area contributed by atoms with Gasteiger partial charge in [-0.2, -0.15) is 5.26 Å². The highest BCUT2D eigenvalue weighted by Crippen LogP contribution is 2.47. The Morgan fingerprint density at radius 2 is 1.09 bits per heavy atom. The molecule has 0 aliphatic carbocycles. The maximum absolute atomic E-state index is 15.1. The van der Waals surface area contributed by atoms with Gasteiger partial charge in [-0.15, -0.1) is 0 Å². The van der Waals surface area contributed by atoms with Gasteiger partial charge < -0.3 is 43.0 Å². The van der Waals surface area contributed by atoms with Crippen LogP contribution in [0.1, 0.15) is 147 Å². The molecule has 0 fully saturated rings. The molecule has 0 bridgehead atoms. The van der Waals surface area contributed by atoms with Gasteiger partial charge in [-0.1, -0.05) is 19.3 Å². The molecule has 0 radical (unpaired) electrons. The summed E-state index contributed by atoms with van der Waals surface area (Å²) in [6.07, 6.45) is 7.42. The van der Waals surface area contributed by atoms with E-state index in [4.69, 9.17) is 23.8 Å². The number of carbonyl (C=O) groups excluding carboxylic acids is 8. The number of carbonyl (C=O) groups is 8. The summed E-state index contributed by atoms with van der Waals surface area (Å²) < 4.78 is 29.4. The van der Waals surface area contributed by atoms with Crippen LogP contribution in [0.5, 0.6) is 0 Å². The Kier molecular flexibility index (Phi) is 20.6. The highest BCUT2D eigenvalue weighted by molar-refractivity contribution is 7.44. The Balaban J connectivity index is 0.920. The fourth-order valence-electron chi connectivity index (χ4n) is 12.5. The Bertz CT molecular complexity index is 3640. The number of hydrogen-bond acceptors (Lipinski definition) is 14. The first-order valence-electron chi connectivity index (χ1n) is 30.4. The van der Waals surface area contributed by atoms with E-state index in [2.05, 4.69) is 38.4 Å². The summed E-state index contributed by atoms with van der Waals surface area (Å²) >= 11 is 0. The predicted molar refractivity (Wildman–Crippen MR) is 333 cm³/mol. The molecule has 3 aromatic heterocycles. The average Bonchev–Trinajstić information content (AvgIpc) is 1.64. The number of rotatable bonds is 27. The van der Waals surface area contributed by atoms with Crippen molar-refractivity contribution in [1.29, 1.82) is 5.26 Å². The number of hydrogen-bond donors (Lipinski definition) is 0. The van der Waals surface area contributed by atoms with E-state index in [0.717, 1.165) is 67.3 Å². The molecule has 0 N–H and O–H groups in total. The van der Waals surface area contributed by atoms with E-state index in [9.17, 15) is 33.6 Å². The third-order valence-electron chi connectivity index (χ3n) is 16.5. The zero-order valence-electron chi connectivity index (χ0n) is 51.2. The van der Waals surface area contributed by atoms with Crippen molar-refractivity contribution >= 4 is 107 Å². The van der Waals surface area contributed by atoms with Gasteiger partial charge in [0.25, 0.3) is 26.2 Å². The average molecular weight is 1210 g/mol. The molecule has 0 saturated heterocycles. The molecular formula is C64H79N10O12P. The van der Waals surface area contributed by atoms with Gasteiger partial charge in [0.15, 0.2) is 0 Å². The zero-order valence-corrected chi connectivity index (χ0v) is 52.1. The summed E-state index contributed by atoms with van der Waals surface area (Å²) in [4.78, 5) is 117. The summed E-state index contributed by atoms with van der Waals surface area (Å²) in [5, 5.41) is 11.0. The lowest BCUT2D eigenvalue weighted by Gasteiger charge is -2.35. The third-order valence-corrected chi connectivity index (χ3v) is 18.6. The van der Waals surface area contributed by atoms with Crippen LogP contribution in [0.3, 0.4) is 0 Å². The quantitative estimate of drug-likeness (QED) is 0.0265. The molecule has 87 heavy (non-hydrogen) atoms. The Hall–Kier alpha value is -7.96. The SMILES string of the molecule is CCOC(=O)n1c(C(=O)N2CCc3c2ccc2c3cc(C(=O)N(C)CCCCCCN(C)C=O)n2C(=O)OCC)cc2c3c(ccc21)N(C(=O)c1cc2c4c(ccc2n1C=O)N(C(=O)CCCCCOP(OCCC#N)N(C(C)C)C(C)C)CC4)CC3. The molecule has 1 unspecified atom stereocenters. The third kappa shape index (κ3) is 12.9. The van der Waals surface area contributed by atoms with E-state index in [-0.39, 0.29) is 73.7 Å². The fourth-order valence-corrected chi connectivity index (χ4v) is 14.1. The summed E-state index contributed by atoms with van der Waals surface area (Å²) in [6, 6.07) is 18.1. The lowest BCUT2D eigenvalue weighted by Crippen LogP contribution is -2.33. The first-order valence-corrected chi connectivity index (χ1v) is 31.5. The van der Waals surface area contributed by atoms with Crippen LogP contribution >= 0.6 is 8.53 Å². The van der Waals surface area contributed by atoms with Crippen LogP contribution in [0.4, 0.5) is 26.7 Å². The van der Waals surface area contributed by atoms with Crippen LogP contribution in [-0.2, 0) is 52.2 Å². The first-order chi connectivity index (χ1) is 42.0. The number of nitriles is 1. The van der Waals surface area contributed by atoms with Crippen LogP contribution in [0.2, 0.25) is 0 Å². The van der Waals surface area contributed by atoms with Gasteiger partial charge in [0.2, 0.25) is 18.7 Å². The number of benzene rings is 3. The second kappa shape index (κ2) is 28.3. The summed E-state index contributed by atoms with van der Waals surface area (Å²) in [7, 11) is 2.09. The van der Waals surface area contributed by atoms with Gasteiger partial charge in [-0.3, -0.25) is 33.3 Å². The number of ether oxygens (including phenoxy) is 2. The van der Waals surface area contributed by atoms with E-state index in [1.165, 1.54) is 13.7 Å². The smallest absolute Gasteiger partial charge is 0.419 e. The van der Waals surface area contributed by atoms with Crippen molar-refractivity contribution in [2.45, 2.75) is 131 Å². The molecule has 3 aliphatic heterocycles. The minimum atomic E-state index is -1.34. The molecule has 23 heteroatoms. The second-order valence-corrected chi connectivity index (χ2v) is 24.2. The molecule has 22 nitrogen and oxygen atoms in total. The van der Waals surface area contributed by atoms with E-state index in [1.54, 1.807) is 101 Å². The van der Waals surface area contributed by atoms with E-state index < -0.39 is 32.5 Å². The highest BCUT2D eigenvalue weighted by atomic mass is 31.2. The minimum absolute atomic E-state index is 0.00669. The molecule has 0 spiro atoms. The number of unbranched alkanes of at least 4 members (excludes halogenated alkanes) is 5. The number of fused-ring (bicyclic) bond motifs is 9. The molecule has 5 amide bonds. The molecule has 3 aliphatic rings. The number of anilines is 3. The standard InChI is InChI=1S/C64H79N10O12P/c1-9-83-63(81)72-54-24-23-52-45(48(54)38-57(72)60(78)67(8)31-16-12-11-15-30-66(7)40-75)28-34-70(52)62(80)58-39-49-46-27-33-69(51(46)22-25-55(49)73(58)64(82)84-10-2)61(79)56-37-47-44-26-32-68(50(44)20-21-53(47)71(56)41-76)59(77)19-14-13-17-35-85-87(86-36-18-29-65)74(42(3)4)43(5)6/h20-25,37-43H,9-19,26-28,30-36H2,1-8H3. The molecule has 9 rings (SSSR count). The topological polar surface area (TPSA) is 231 Å². The molecule has 3 aromatic carbocycles. The van der Waals surface area contributed by atoms with Crippen LogP contribution in [0, 0.1) is 11.3 Å². The Labute approximate surface area is 508 Å². The summed E-state index contributed by atoms with van der Waals surface area (Å²) in [6.45, 7) is 14.7. The Morgan fingerprint density at radius 1 is 0.609 bits per heavy atom. The van der Waals surface area contributed by atoms with Gasteiger partial charge in [-0.05, 0) is 158 Å². The van der Waals surface area contributed by atoms with Gasteiger partial charge in [-0.25, -0.2) is 23.4 Å². The molecule has 0 saturated carbocycles. The second-order valence-electron chi connectivity index (χ2n) is 22.7. The van der Waals surface area contributed by atoms with Crippen molar-refractivity contribution in [3.05, 3.63) is 88.4 Å². The van der Waals surface area contributed by atoms with Gasteiger partial charge in [0.1, 0.15) is 17.1 Å². The van der Waals surface area contributed by atoms with Crippen molar-refractivity contribution < 1.29 is 56.9 Å². The monoisotopic (exact) mass is 1210 g/mol. The molecule has 1 atom stereocenters. The molecule has 6 aromatic rings. The fraction of sp³-hybridized carbons (Fsp3) is 0.484. The van der Waals surface area contributed by atoms with Gasteiger partial charge in [0, 0.05) is 98.5 Å². The van der Waals surface area contributed by atoms with Crippen molar-refractivity contribution in [2.75, 3.05) is 87.9 Å². The Morgan fingerprint density at radius 3 is 1.64 bits per heavy atom. The van der Waals surface area contributed by atoms with Crippen molar-refractivity contribution in [3.8, 4) is 6.07 Å². The van der Waals surface area contributed by atoms with Crippen molar-refractivity contribution in [3.63, 3.8) is 0 Å². The first kappa shape index (κ1) is 63.5. The van der Waals surface area contributed by atoms with Crippen LogP contribution < -0.4 is 14.7 Å².